The van der Waals surface area contributed by atoms with E-state index in [-0.39, 0.29) is 6.61 Å². The van der Waals surface area contributed by atoms with E-state index in [0.717, 1.165) is 31.6 Å². The van der Waals surface area contributed by atoms with Gasteiger partial charge in [-0.1, -0.05) is 84.9 Å². The highest BCUT2D eigenvalue weighted by atomic mass is 16.7. The smallest absolute Gasteiger partial charge is 0.438 e. The Hall–Kier alpha value is -3.83. The van der Waals surface area contributed by atoms with E-state index in [0.29, 0.717) is 0 Å². The number of nitrogens with zero attached hydrogens (tertiary/aromatic N) is 1. The molecule has 5 heteroatoms. The van der Waals surface area contributed by atoms with Crippen molar-refractivity contribution in [2.75, 3.05) is 26.8 Å². The second-order valence-electron chi connectivity index (χ2n) is 8.10. The van der Waals surface area contributed by atoms with Crippen LogP contribution < -0.4 is 0 Å². The number of carbonyl (C=O) groups excluding carboxylic acids is 1. The molecule has 4 aromatic rings. The van der Waals surface area contributed by atoms with Gasteiger partial charge in [-0.2, -0.15) is 0 Å². The highest BCUT2D eigenvalue weighted by molar-refractivity contribution is 5.90. The molecular weight excluding hydrogens is 424 g/mol. The first-order chi connectivity index (χ1) is 16.7. The third-order valence-electron chi connectivity index (χ3n) is 5.80. The van der Waals surface area contributed by atoms with Crippen LogP contribution >= 0.6 is 0 Å². The molecule has 0 saturated carbocycles. The predicted molar refractivity (Wildman–Crippen MR) is 137 cm³/mol. The summed E-state index contributed by atoms with van der Waals surface area (Å²) in [4.78, 5) is 17.2. The molecule has 5 nitrogen and oxygen atoms in total. The van der Waals surface area contributed by atoms with Crippen LogP contribution in [0.4, 0.5) is 4.79 Å². The molecule has 0 aliphatic heterocycles. The van der Waals surface area contributed by atoms with Crippen molar-refractivity contribution < 1.29 is 14.3 Å². The fourth-order valence-electron chi connectivity index (χ4n) is 4.12. The van der Waals surface area contributed by atoms with Gasteiger partial charge in [-0.25, -0.2) is 4.79 Å². The molecule has 0 radical (unpaired) electrons. The number of aromatic nitrogens is 1. The Labute approximate surface area is 200 Å². The number of H-pyrrole nitrogens is 1. The lowest BCUT2D eigenvalue weighted by Gasteiger charge is -2.21. The van der Waals surface area contributed by atoms with E-state index in [4.69, 9.17) is 4.74 Å². The summed E-state index contributed by atoms with van der Waals surface area (Å²) >= 11 is 0. The van der Waals surface area contributed by atoms with E-state index < -0.39 is 6.16 Å². The Kier molecular flexibility index (Phi) is 8.14. The number of benzene rings is 3. The van der Waals surface area contributed by atoms with E-state index in [2.05, 4.69) is 87.4 Å². The van der Waals surface area contributed by atoms with Gasteiger partial charge in [-0.3, -0.25) is 4.90 Å². The summed E-state index contributed by atoms with van der Waals surface area (Å²) in [5.74, 6) is 0. The van der Waals surface area contributed by atoms with E-state index >= 15 is 0 Å². The Morgan fingerprint density at radius 3 is 2.38 bits per heavy atom. The largest absolute Gasteiger partial charge is 0.508 e. The molecule has 0 unspecified atom stereocenters. The van der Waals surface area contributed by atoms with Crippen molar-refractivity contribution in [3.05, 3.63) is 108 Å². The molecule has 0 amide bonds. The molecular formula is C29H30N2O3. The summed E-state index contributed by atoms with van der Waals surface area (Å²) in [6.45, 7) is 2.68. The number of nitrogens with one attached hydrogen (secondary N) is 1. The van der Waals surface area contributed by atoms with E-state index in [9.17, 15) is 4.79 Å². The van der Waals surface area contributed by atoms with Gasteiger partial charge < -0.3 is 14.5 Å². The minimum atomic E-state index is -0.668. The molecule has 1 aromatic heterocycles. The van der Waals surface area contributed by atoms with Gasteiger partial charge in [-0.05, 0) is 35.3 Å². The van der Waals surface area contributed by atoms with Gasteiger partial charge in [0.25, 0.3) is 0 Å². The zero-order chi connectivity index (χ0) is 23.6. The van der Waals surface area contributed by atoms with Gasteiger partial charge in [0.2, 0.25) is 0 Å². The predicted octanol–water partition coefficient (Wildman–Crippen LogP) is 6.22. The third kappa shape index (κ3) is 6.15. The maximum atomic E-state index is 11.1. The zero-order valence-electron chi connectivity index (χ0n) is 19.4. The highest BCUT2D eigenvalue weighted by Gasteiger charge is 2.14. The molecule has 3 aromatic carbocycles. The molecule has 34 heavy (non-hydrogen) atoms. The number of hydrogen-bond acceptors (Lipinski definition) is 4. The van der Waals surface area contributed by atoms with Crippen molar-refractivity contribution in [1.82, 2.24) is 9.88 Å². The first-order valence-corrected chi connectivity index (χ1v) is 11.5. The number of para-hydroxylation sites is 1. The highest BCUT2D eigenvalue weighted by Crippen LogP contribution is 2.30. The number of ether oxygens (including phenoxy) is 2. The Morgan fingerprint density at radius 1 is 0.912 bits per heavy atom. The minimum Gasteiger partial charge on any atom is -0.438 e. The summed E-state index contributed by atoms with van der Waals surface area (Å²) in [7, 11) is 1.31. The van der Waals surface area contributed by atoms with Crippen LogP contribution in [0.3, 0.4) is 0 Å². The van der Waals surface area contributed by atoms with Crippen molar-refractivity contribution in [3.8, 4) is 11.3 Å². The van der Waals surface area contributed by atoms with Gasteiger partial charge in [-0.15, -0.1) is 0 Å². The number of aromatic amines is 1. The molecule has 0 aliphatic carbocycles. The topological polar surface area (TPSA) is 54.6 Å². The average molecular weight is 455 g/mol. The van der Waals surface area contributed by atoms with Crippen LogP contribution in [0.5, 0.6) is 0 Å². The van der Waals surface area contributed by atoms with Crippen molar-refractivity contribution in [1.29, 1.82) is 0 Å². The quantitative estimate of drug-likeness (QED) is 0.228. The summed E-state index contributed by atoms with van der Waals surface area (Å²) in [5.41, 5.74) is 6.14. The first-order valence-electron chi connectivity index (χ1n) is 11.5. The van der Waals surface area contributed by atoms with Gasteiger partial charge in [0, 0.05) is 36.2 Å². The van der Waals surface area contributed by atoms with Crippen LogP contribution in [-0.2, 0) is 22.4 Å². The van der Waals surface area contributed by atoms with Crippen LogP contribution in [0, 0.1) is 0 Å². The molecule has 174 valence electrons. The second-order valence-corrected chi connectivity index (χ2v) is 8.10. The van der Waals surface area contributed by atoms with Crippen molar-refractivity contribution in [2.45, 2.75) is 13.0 Å². The Bertz CT molecular complexity index is 1220. The summed E-state index contributed by atoms with van der Waals surface area (Å²) in [6.07, 6.45) is 4.14. The molecule has 0 saturated heterocycles. The van der Waals surface area contributed by atoms with Gasteiger partial charge >= 0.3 is 6.16 Å². The SMILES string of the molecule is COC(=O)OC/C=C/CN(CCc1c(-c2ccccc2)[nH]c2ccccc12)Cc1ccccc1. The maximum Gasteiger partial charge on any atom is 0.508 e. The fraction of sp³-hybridized carbons (Fsp3) is 0.207. The van der Waals surface area contributed by atoms with Crippen molar-refractivity contribution >= 4 is 17.1 Å². The summed E-state index contributed by atoms with van der Waals surface area (Å²) < 4.78 is 9.46. The molecule has 0 fully saturated rings. The lowest BCUT2D eigenvalue weighted by Crippen LogP contribution is -2.26. The molecule has 0 atom stereocenters. The first kappa shape index (κ1) is 23.3. The monoisotopic (exact) mass is 454 g/mol. The molecule has 4 rings (SSSR count). The lowest BCUT2D eigenvalue weighted by molar-refractivity contribution is 0.0817. The maximum absolute atomic E-state index is 11.1. The second kappa shape index (κ2) is 11.9. The Balaban J connectivity index is 1.52. The fourth-order valence-corrected chi connectivity index (χ4v) is 4.12. The molecule has 0 aliphatic rings. The van der Waals surface area contributed by atoms with Gasteiger partial charge in [0.1, 0.15) is 6.61 Å². The minimum absolute atomic E-state index is 0.201. The van der Waals surface area contributed by atoms with Crippen molar-refractivity contribution in [3.63, 3.8) is 0 Å². The molecule has 0 bridgehead atoms. The third-order valence-corrected chi connectivity index (χ3v) is 5.80. The van der Waals surface area contributed by atoms with Gasteiger partial charge in [0.05, 0.1) is 7.11 Å². The number of hydrogen-bond donors (Lipinski definition) is 1. The summed E-state index contributed by atoms with van der Waals surface area (Å²) in [5, 5.41) is 1.27. The van der Waals surface area contributed by atoms with E-state index in [1.807, 2.05) is 24.3 Å². The Morgan fingerprint density at radius 2 is 1.62 bits per heavy atom. The van der Waals surface area contributed by atoms with Crippen LogP contribution in [0.2, 0.25) is 0 Å². The lowest BCUT2D eigenvalue weighted by atomic mass is 10.0. The van der Waals surface area contributed by atoms with Gasteiger partial charge in [0.15, 0.2) is 0 Å². The number of methoxy groups -OCH3 is 1. The van der Waals surface area contributed by atoms with Crippen molar-refractivity contribution in [2.24, 2.45) is 0 Å². The zero-order valence-corrected chi connectivity index (χ0v) is 19.4. The van der Waals surface area contributed by atoms with Crippen LogP contribution in [0.1, 0.15) is 11.1 Å². The standard InChI is InChI=1S/C29H30N2O3/c1-33-29(32)34-21-11-10-19-31(22-23-12-4-2-5-13-23)20-18-26-25-16-8-9-17-27(25)30-28(26)24-14-6-3-7-15-24/h2-17,30H,18-22H2,1H3/b11-10+. The molecule has 1 heterocycles. The van der Waals surface area contributed by atoms with Crippen LogP contribution in [-0.4, -0.2) is 42.8 Å². The molecule has 0 spiro atoms. The van der Waals surface area contributed by atoms with Crippen LogP contribution in [0.25, 0.3) is 22.2 Å². The summed E-state index contributed by atoms with van der Waals surface area (Å²) in [6, 6.07) is 29.5. The average Bonchev–Trinajstić information content (AvgIpc) is 3.26. The number of carbonyl (C=O) groups is 1. The van der Waals surface area contributed by atoms with E-state index in [1.54, 1.807) is 0 Å². The van der Waals surface area contributed by atoms with Crippen LogP contribution in [0.15, 0.2) is 97.1 Å². The normalized spacial score (nSPS) is 11.4. The van der Waals surface area contributed by atoms with E-state index in [1.165, 1.54) is 34.9 Å². The molecule has 1 N–H and O–H groups in total. The number of fused-ring (bicyclic) bond motifs is 1. The number of rotatable bonds is 10.